The molecule has 0 saturated heterocycles. The van der Waals surface area contributed by atoms with Gasteiger partial charge in [0.1, 0.15) is 0 Å². The fourth-order valence-corrected chi connectivity index (χ4v) is 2.48. The second-order valence-corrected chi connectivity index (χ2v) is 5.73. The second-order valence-electron chi connectivity index (χ2n) is 5.73. The van der Waals surface area contributed by atoms with Crippen LogP contribution in [-0.2, 0) is 25.8 Å². The predicted octanol–water partition coefficient (Wildman–Crippen LogP) is 4.10. The van der Waals surface area contributed by atoms with E-state index in [0.29, 0.717) is 0 Å². The number of rotatable bonds is 6. The summed E-state index contributed by atoms with van der Waals surface area (Å²) in [6, 6.07) is 18.0. The maximum Gasteiger partial charge on any atom is 0.0227 e. The van der Waals surface area contributed by atoms with Crippen molar-refractivity contribution < 1.29 is 0 Å². The molecule has 1 nitrogen and oxygen atoms in total. The lowest BCUT2D eigenvalue weighted by Crippen LogP contribution is -2.10. The summed E-state index contributed by atoms with van der Waals surface area (Å²) >= 11 is 0. The lowest BCUT2D eigenvalue weighted by atomic mass is 10.0. The predicted molar refractivity (Wildman–Crippen MR) is 87.1 cm³/mol. The van der Waals surface area contributed by atoms with Crippen molar-refractivity contribution in [2.45, 2.75) is 32.7 Å². The van der Waals surface area contributed by atoms with Gasteiger partial charge in [0.05, 0.1) is 0 Å². The van der Waals surface area contributed by atoms with Crippen molar-refractivity contribution in [2.24, 2.45) is 0 Å². The summed E-state index contributed by atoms with van der Waals surface area (Å²) < 4.78 is 0. The van der Waals surface area contributed by atoms with Gasteiger partial charge in [-0.2, -0.15) is 0 Å². The monoisotopic (exact) mass is 267 g/mol. The summed E-state index contributed by atoms with van der Waals surface area (Å²) in [7, 11) is 4.23. The Morgan fingerprint density at radius 2 is 1.35 bits per heavy atom. The van der Waals surface area contributed by atoms with Crippen molar-refractivity contribution >= 4 is 0 Å². The fraction of sp³-hybridized carbons (Fsp3) is 0.368. The van der Waals surface area contributed by atoms with Crippen molar-refractivity contribution in [1.82, 2.24) is 4.90 Å². The van der Waals surface area contributed by atoms with Crippen LogP contribution in [0.5, 0.6) is 0 Å². The van der Waals surface area contributed by atoms with E-state index in [1.54, 1.807) is 0 Å². The minimum absolute atomic E-state index is 1.01. The van der Waals surface area contributed by atoms with Gasteiger partial charge in [-0.15, -0.1) is 0 Å². The molecule has 1 heteroatoms. The van der Waals surface area contributed by atoms with Crippen molar-refractivity contribution in [3.63, 3.8) is 0 Å². The number of aryl methyl sites for hydroxylation is 3. The molecule has 0 aliphatic carbocycles. The first-order valence-electron chi connectivity index (χ1n) is 7.47. The quantitative estimate of drug-likeness (QED) is 0.762. The Balaban J connectivity index is 1.95. The smallest absolute Gasteiger partial charge is 0.0227 e. The third kappa shape index (κ3) is 4.50. The van der Waals surface area contributed by atoms with Gasteiger partial charge < -0.3 is 4.90 Å². The van der Waals surface area contributed by atoms with Crippen LogP contribution in [0.2, 0.25) is 0 Å². The molecule has 0 unspecified atom stereocenters. The van der Waals surface area contributed by atoms with E-state index >= 15 is 0 Å². The lowest BCUT2D eigenvalue weighted by Gasteiger charge is -2.11. The Morgan fingerprint density at radius 1 is 0.750 bits per heavy atom. The molecule has 0 bridgehead atoms. The molecule has 2 rings (SSSR count). The highest BCUT2D eigenvalue weighted by Gasteiger charge is 1.99. The fourth-order valence-electron chi connectivity index (χ4n) is 2.48. The average molecular weight is 267 g/mol. The zero-order chi connectivity index (χ0) is 14.4. The number of benzene rings is 2. The second kappa shape index (κ2) is 7.25. The molecular weight excluding hydrogens is 242 g/mol. The molecule has 0 N–H and O–H groups in total. The first kappa shape index (κ1) is 14.8. The Hall–Kier alpha value is -1.60. The first-order valence-corrected chi connectivity index (χ1v) is 7.47. The van der Waals surface area contributed by atoms with E-state index in [0.717, 1.165) is 25.8 Å². The van der Waals surface area contributed by atoms with E-state index in [1.165, 1.54) is 22.3 Å². The summed E-state index contributed by atoms with van der Waals surface area (Å²) in [5.74, 6) is 0. The maximum absolute atomic E-state index is 2.33. The molecule has 20 heavy (non-hydrogen) atoms. The molecule has 0 fully saturated rings. The molecule has 0 atom stereocenters. The van der Waals surface area contributed by atoms with Gasteiger partial charge in [-0.3, -0.25) is 0 Å². The summed E-state index contributed by atoms with van der Waals surface area (Å²) in [5.41, 5.74) is 5.68. The van der Waals surface area contributed by atoms with Crippen LogP contribution in [0.1, 0.15) is 29.2 Å². The number of hydrogen-bond donors (Lipinski definition) is 0. The highest BCUT2D eigenvalue weighted by atomic mass is 15.0. The maximum atomic E-state index is 2.33. The van der Waals surface area contributed by atoms with Crippen molar-refractivity contribution in [3.8, 4) is 0 Å². The van der Waals surface area contributed by atoms with Crippen molar-refractivity contribution in [2.75, 3.05) is 14.1 Å². The topological polar surface area (TPSA) is 3.24 Å². The molecule has 2 aromatic rings. The Morgan fingerprint density at radius 3 is 2.00 bits per heavy atom. The van der Waals surface area contributed by atoms with Gasteiger partial charge in [0.25, 0.3) is 0 Å². The van der Waals surface area contributed by atoms with Crippen LogP contribution in [0.15, 0.2) is 48.5 Å². The lowest BCUT2D eigenvalue weighted by molar-refractivity contribution is 0.402. The van der Waals surface area contributed by atoms with E-state index < -0.39 is 0 Å². The van der Waals surface area contributed by atoms with E-state index in [1.807, 2.05) is 0 Å². The molecule has 0 aliphatic rings. The van der Waals surface area contributed by atoms with Crippen LogP contribution in [0.3, 0.4) is 0 Å². The Kier molecular flexibility index (Phi) is 5.37. The van der Waals surface area contributed by atoms with E-state index in [-0.39, 0.29) is 0 Å². The molecule has 0 heterocycles. The minimum Gasteiger partial charge on any atom is -0.305 e. The molecule has 2 aromatic carbocycles. The summed E-state index contributed by atoms with van der Waals surface area (Å²) in [5, 5.41) is 0. The zero-order valence-electron chi connectivity index (χ0n) is 12.9. The summed E-state index contributed by atoms with van der Waals surface area (Å²) in [4.78, 5) is 2.21. The van der Waals surface area contributed by atoms with Crippen LogP contribution in [0, 0.1) is 0 Å². The third-order valence-corrected chi connectivity index (χ3v) is 3.62. The van der Waals surface area contributed by atoms with Crippen LogP contribution >= 0.6 is 0 Å². The van der Waals surface area contributed by atoms with Crippen molar-refractivity contribution in [1.29, 1.82) is 0 Å². The van der Waals surface area contributed by atoms with Crippen molar-refractivity contribution in [3.05, 3.63) is 70.8 Å². The van der Waals surface area contributed by atoms with Gasteiger partial charge in [0, 0.05) is 6.54 Å². The Labute approximate surface area is 123 Å². The van der Waals surface area contributed by atoms with Crippen LogP contribution in [-0.4, -0.2) is 19.0 Å². The molecule has 0 amide bonds. The number of hydrogen-bond acceptors (Lipinski definition) is 1. The first-order chi connectivity index (χ1) is 9.67. The van der Waals surface area contributed by atoms with Gasteiger partial charge in [0.2, 0.25) is 0 Å². The molecule has 0 aliphatic heterocycles. The molecule has 0 spiro atoms. The van der Waals surface area contributed by atoms with Crippen LogP contribution in [0.25, 0.3) is 0 Å². The highest BCUT2D eigenvalue weighted by Crippen LogP contribution is 2.12. The van der Waals surface area contributed by atoms with E-state index in [2.05, 4.69) is 74.4 Å². The standard InChI is InChI=1S/C19H25N/c1-4-16-8-10-17(11-9-16)12-13-18-6-5-7-19(14-18)15-20(2)3/h5-11,14H,4,12-13,15H2,1-3H3. The molecule has 0 radical (unpaired) electrons. The normalized spacial score (nSPS) is 11.0. The summed E-state index contributed by atoms with van der Waals surface area (Å²) in [6.45, 7) is 3.21. The highest BCUT2D eigenvalue weighted by molar-refractivity contribution is 5.26. The molecule has 106 valence electrons. The number of nitrogens with zero attached hydrogens (tertiary/aromatic N) is 1. The van der Waals surface area contributed by atoms with Gasteiger partial charge in [0.15, 0.2) is 0 Å². The molecule has 0 aromatic heterocycles. The molecular formula is C19H25N. The largest absolute Gasteiger partial charge is 0.305 e. The Bertz CT molecular complexity index is 526. The van der Waals surface area contributed by atoms with Gasteiger partial charge in [-0.1, -0.05) is 55.5 Å². The zero-order valence-corrected chi connectivity index (χ0v) is 12.9. The SMILES string of the molecule is CCc1ccc(CCc2cccc(CN(C)C)c2)cc1. The van der Waals surface area contributed by atoms with Gasteiger partial charge in [-0.25, -0.2) is 0 Å². The molecule has 0 saturated carbocycles. The van der Waals surface area contributed by atoms with Gasteiger partial charge in [-0.05, 0) is 55.6 Å². The minimum atomic E-state index is 1.01. The van der Waals surface area contributed by atoms with Crippen LogP contribution in [0.4, 0.5) is 0 Å². The third-order valence-electron chi connectivity index (χ3n) is 3.62. The summed E-state index contributed by atoms with van der Waals surface area (Å²) in [6.07, 6.45) is 3.36. The average Bonchev–Trinajstić information content (AvgIpc) is 2.45. The van der Waals surface area contributed by atoms with Gasteiger partial charge >= 0.3 is 0 Å². The van der Waals surface area contributed by atoms with E-state index in [9.17, 15) is 0 Å². The van der Waals surface area contributed by atoms with Crippen LogP contribution < -0.4 is 0 Å². The van der Waals surface area contributed by atoms with E-state index in [4.69, 9.17) is 0 Å².